The average molecular weight is 865 g/mol. The molecule has 0 saturated heterocycles. The maximum atomic E-state index is 14.7. The Bertz CT molecular complexity index is 2160. The second kappa shape index (κ2) is 23.5. The first-order valence-corrected chi connectivity index (χ1v) is 21.6. The molecule has 7 N–H and O–H groups in total. The van der Waals surface area contributed by atoms with E-state index in [2.05, 4.69) is 25.7 Å². The Labute approximate surface area is 371 Å². The van der Waals surface area contributed by atoms with E-state index in [-0.39, 0.29) is 88.4 Å². The van der Waals surface area contributed by atoms with Crippen LogP contribution in [0, 0.1) is 35.5 Å². The van der Waals surface area contributed by atoms with E-state index >= 15 is 0 Å². The third-order valence-electron chi connectivity index (χ3n) is 11.1. The van der Waals surface area contributed by atoms with E-state index in [1.54, 1.807) is 55.5 Å². The summed E-state index contributed by atoms with van der Waals surface area (Å²) in [6.45, 7) is 12.7. The highest BCUT2D eigenvalue weighted by atomic mass is 16.5. The number of ketones is 3. The van der Waals surface area contributed by atoms with E-state index in [1.165, 1.54) is 11.9 Å². The number of ether oxygens (including phenoxy) is 3. The normalized spacial score (nSPS) is 17.0. The summed E-state index contributed by atoms with van der Waals surface area (Å²) in [6, 6.07) is 15.5. The van der Waals surface area contributed by atoms with Gasteiger partial charge in [-0.1, -0.05) is 39.0 Å². The predicted molar refractivity (Wildman–Crippen MR) is 242 cm³/mol. The fourth-order valence-corrected chi connectivity index (χ4v) is 7.74. The number of nitrogens with zero attached hydrogens (tertiary/aromatic N) is 2. The molecule has 14 nitrogen and oxygen atoms in total. The van der Waals surface area contributed by atoms with Crippen LogP contribution in [0.15, 0.2) is 67.3 Å². The maximum Gasteiger partial charge on any atom is 0.226 e. The number of benzene rings is 3. The van der Waals surface area contributed by atoms with Gasteiger partial charge in [0.1, 0.15) is 36.5 Å². The maximum absolute atomic E-state index is 14.7. The number of fused-ring (bicyclic) bond motifs is 5. The Morgan fingerprint density at radius 3 is 2.24 bits per heavy atom. The Hall–Kier alpha value is -5.88. The minimum Gasteiger partial charge on any atom is -0.493 e. The fraction of sp³-hybridized carbons (Fsp3) is 0.469. The van der Waals surface area contributed by atoms with Crippen molar-refractivity contribution in [3.05, 3.63) is 89.5 Å². The molecule has 2 amide bonds. The number of nitrogens with one attached hydrogen (secondary N) is 1. The van der Waals surface area contributed by atoms with Gasteiger partial charge in [-0.25, -0.2) is 0 Å². The van der Waals surface area contributed by atoms with Crippen molar-refractivity contribution < 1.29 is 38.2 Å². The molecule has 3 aromatic carbocycles. The highest BCUT2D eigenvalue weighted by Gasteiger charge is 2.36. The monoisotopic (exact) mass is 864 g/mol. The topological polar surface area (TPSA) is 230 Å². The van der Waals surface area contributed by atoms with Crippen molar-refractivity contribution >= 4 is 29.2 Å². The van der Waals surface area contributed by atoms with Gasteiger partial charge in [-0.3, -0.25) is 24.0 Å². The molecule has 1 aliphatic rings. The number of nitriles is 1. The minimum atomic E-state index is -1.22. The number of likely N-dealkylation sites (N-methyl/N-ethyl adjacent to an activating group) is 1. The van der Waals surface area contributed by atoms with Gasteiger partial charge in [-0.15, -0.1) is 6.58 Å². The summed E-state index contributed by atoms with van der Waals surface area (Å²) in [6.07, 6.45) is 2.34. The molecule has 0 radical (unpaired) electrons. The lowest BCUT2D eigenvalue weighted by atomic mass is 9.88. The molecular formula is C49H64N6O8. The number of carbonyl (C=O) groups excluding carboxylic acids is 5. The zero-order valence-electron chi connectivity index (χ0n) is 37.4. The van der Waals surface area contributed by atoms with Gasteiger partial charge in [-0.05, 0) is 91.9 Å². The first-order chi connectivity index (χ1) is 30.1. The van der Waals surface area contributed by atoms with Gasteiger partial charge < -0.3 is 41.6 Å². The molecule has 1 heterocycles. The summed E-state index contributed by atoms with van der Waals surface area (Å²) in [7, 11) is 1.51. The van der Waals surface area contributed by atoms with Crippen molar-refractivity contribution in [1.29, 1.82) is 5.26 Å². The second-order valence-electron chi connectivity index (χ2n) is 17.0. The summed E-state index contributed by atoms with van der Waals surface area (Å²) < 4.78 is 18.3. The van der Waals surface area contributed by atoms with Gasteiger partial charge in [-0.2, -0.15) is 5.26 Å². The van der Waals surface area contributed by atoms with E-state index in [9.17, 15) is 29.2 Å². The predicted octanol–water partition coefficient (Wildman–Crippen LogP) is 5.56. The van der Waals surface area contributed by atoms with E-state index in [1.807, 2.05) is 25.1 Å². The van der Waals surface area contributed by atoms with Gasteiger partial charge in [0.15, 0.2) is 17.3 Å². The zero-order valence-corrected chi connectivity index (χ0v) is 37.4. The third-order valence-corrected chi connectivity index (χ3v) is 11.1. The molecule has 4 atom stereocenters. The lowest BCUT2D eigenvalue weighted by molar-refractivity contribution is -0.142. The Morgan fingerprint density at radius 1 is 0.952 bits per heavy atom. The van der Waals surface area contributed by atoms with Crippen LogP contribution in [0.1, 0.15) is 92.4 Å². The van der Waals surface area contributed by atoms with Crippen LogP contribution in [0.2, 0.25) is 0 Å². The van der Waals surface area contributed by atoms with E-state index in [0.717, 1.165) is 6.42 Å². The number of Topliss-reactive ketones (excluding diaryl/α,β-unsaturated/α-hetero) is 3. The summed E-state index contributed by atoms with van der Waals surface area (Å²) in [5.41, 5.74) is 20.9. The number of hydrogen-bond acceptors (Lipinski definition) is 12. The zero-order chi connectivity index (χ0) is 46.3. The summed E-state index contributed by atoms with van der Waals surface area (Å²) in [4.78, 5) is 71.9. The van der Waals surface area contributed by atoms with Crippen molar-refractivity contribution in [3.8, 4) is 34.4 Å². The SMILES string of the molecule is C=CCC(C)(C)COc1ccc(C(=O)C[C@@H](CCN)C(=O)N(C)[C@@H]2C(=O)C[C@@H](C)C(=O)N[C@H](C(=O)CCC#N)Cc3ccc(OCCN)c(c3)-c3cc2ccc3OCCN)c(C)c1. The van der Waals surface area contributed by atoms with Gasteiger partial charge in [0, 0.05) is 79.8 Å². The number of amides is 2. The number of nitrogens with two attached hydrogens (primary N) is 3. The standard InChI is InChI=1S/C49H64N6O8/c1-7-17-49(4,5)30-63-36-12-13-37(31(2)24-36)42(57)29-35(16-19-51)48(60)55(6)46-34-11-15-45(62-23-21-53)39(28-34)38-26-33(10-14-44(38)61-22-20-52)27-40(41(56)9-8-18-50)54-47(59)32(3)25-43(46)58/h7,10-15,24,26,28,32,35,40,46H,1,8-9,16-17,19-23,25,27,29-30,51-53H2,2-6H3,(H,54,59)/t32-,35-,40+,46+/m1/s1. The van der Waals surface area contributed by atoms with Gasteiger partial charge in [0.2, 0.25) is 11.8 Å². The average Bonchev–Trinajstić information content (AvgIpc) is 3.25. The van der Waals surface area contributed by atoms with Crippen molar-refractivity contribution in [2.45, 2.75) is 84.7 Å². The number of allylic oxidation sites excluding steroid dienone is 1. The molecule has 0 aliphatic carbocycles. The van der Waals surface area contributed by atoms with Crippen LogP contribution >= 0.6 is 0 Å². The molecule has 0 saturated carbocycles. The lowest BCUT2D eigenvalue weighted by Gasteiger charge is -2.32. The van der Waals surface area contributed by atoms with Crippen molar-refractivity contribution in [2.24, 2.45) is 34.5 Å². The van der Waals surface area contributed by atoms with Gasteiger partial charge >= 0.3 is 0 Å². The molecular weight excluding hydrogens is 801 g/mol. The van der Waals surface area contributed by atoms with E-state index in [0.29, 0.717) is 57.2 Å². The second-order valence-corrected chi connectivity index (χ2v) is 17.0. The number of carbonyl (C=O) groups is 5. The van der Waals surface area contributed by atoms with Crippen LogP contribution in [-0.2, 0) is 25.6 Å². The first kappa shape index (κ1) is 49.8. The Balaban J connectivity index is 1.80. The molecule has 0 spiro atoms. The Morgan fingerprint density at radius 2 is 1.62 bits per heavy atom. The van der Waals surface area contributed by atoms with Crippen LogP contribution in [0.4, 0.5) is 0 Å². The molecule has 14 heteroatoms. The summed E-state index contributed by atoms with van der Waals surface area (Å²) in [5, 5.41) is 12.1. The minimum absolute atomic E-state index is 0.0278. The van der Waals surface area contributed by atoms with Gasteiger partial charge in [0.05, 0.1) is 18.7 Å². The third kappa shape index (κ3) is 13.6. The molecule has 4 bridgehead atoms. The largest absolute Gasteiger partial charge is 0.493 e. The highest BCUT2D eigenvalue weighted by Crippen LogP contribution is 2.41. The first-order valence-electron chi connectivity index (χ1n) is 21.6. The van der Waals surface area contributed by atoms with Crippen LogP contribution < -0.4 is 36.7 Å². The molecule has 0 unspecified atom stereocenters. The summed E-state index contributed by atoms with van der Waals surface area (Å²) in [5.74, 6) is -2.36. The molecule has 3 aromatic rings. The fourth-order valence-electron chi connectivity index (χ4n) is 7.74. The van der Waals surface area contributed by atoms with Crippen molar-refractivity contribution in [2.75, 3.05) is 46.5 Å². The molecule has 63 heavy (non-hydrogen) atoms. The lowest BCUT2D eigenvalue weighted by Crippen LogP contribution is -2.46. The highest BCUT2D eigenvalue weighted by molar-refractivity contribution is 6.01. The van der Waals surface area contributed by atoms with E-state index < -0.39 is 41.5 Å². The van der Waals surface area contributed by atoms with Crippen LogP contribution in [0.25, 0.3) is 11.1 Å². The van der Waals surface area contributed by atoms with Crippen LogP contribution in [-0.4, -0.2) is 86.6 Å². The Kier molecular flexibility index (Phi) is 18.6. The molecule has 0 fully saturated rings. The molecule has 4 rings (SSSR count). The molecule has 338 valence electrons. The van der Waals surface area contributed by atoms with Gasteiger partial charge in [0.25, 0.3) is 0 Å². The van der Waals surface area contributed by atoms with Crippen molar-refractivity contribution in [1.82, 2.24) is 10.2 Å². The number of rotatable bonds is 21. The number of hydrogen-bond donors (Lipinski definition) is 4. The smallest absolute Gasteiger partial charge is 0.226 e. The van der Waals surface area contributed by atoms with Crippen molar-refractivity contribution in [3.63, 3.8) is 0 Å². The number of aryl methyl sites for hydroxylation is 1. The quantitative estimate of drug-likeness (QED) is 0.0762. The molecule has 1 aliphatic heterocycles. The van der Waals surface area contributed by atoms with E-state index in [4.69, 9.17) is 31.4 Å². The summed E-state index contributed by atoms with van der Waals surface area (Å²) >= 11 is 0. The molecule has 0 aromatic heterocycles. The van der Waals surface area contributed by atoms with Crippen LogP contribution in [0.3, 0.4) is 0 Å². The van der Waals surface area contributed by atoms with Crippen LogP contribution in [0.5, 0.6) is 17.2 Å².